The molecular weight excluding hydrogens is 568 g/mol. The lowest BCUT2D eigenvalue weighted by molar-refractivity contribution is -0.169. The summed E-state index contributed by atoms with van der Waals surface area (Å²) in [6.07, 6.45) is 8.49. The van der Waals surface area contributed by atoms with Crippen LogP contribution in [-0.2, 0) is 14.3 Å². The number of carbonyl (C=O) groups excluding carboxylic acids is 2. The summed E-state index contributed by atoms with van der Waals surface area (Å²) in [7, 11) is 0. The normalized spacial score (nSPS) is 44.6. The van der Waals surface area contributed by atoms with Gasteiger partial charge >= 0.3 is 5.97 Å². The summed E-state index contributed by atoms with van der Waals surface area (Å²) in [5, 5.41) is 0. The fourth-order valence-electron chi connectivity index (χ4n) is 9.42. The lowest BCUT2D eigenvalue weighted by Gasteiger charge is -2.60. The summed E-state index contributed by atoms with van der Waals surface area (Å²) in [5.41, 5.74) is 0.409. The molecule has 0 aromatic heterocycles. The molecule has 4 aliphatic carbocycles. The summed E-state index contributed by atoms with van der Waals surface area (Å²) >= 11 is 8.21. The molecule has 0 aromatic carbocycles. The molecule has 0 spiro atoms. The number of rotatable bonds is 6. The second-order valence-corrected chi connectivity index (χ2v) is 15.8. The van der Waals surface area contributed by atoms with E-state index in [0.29, 0.717) is 62.3 Å². The molecule has 0 aromatic rings. The zero-order chi connectivity index (χ0) is 25.9. The lowest BCUT2D eigenvalue weighted by atomic mass is 9.44. The topological polar surface area (TPSA) is 43.4 Å². The Hall–Kier alpha value is 0.1000. The van der Waals surface area contributed by atoms with Crippen molar-refractivity contribution in [3.63, 3.8) is 0 Å². The Morgan fingerprint density at radius 2 is 1.57 bits per heavy atom. The molecule has 4 fully saturated rings. The van der Waals surface area contributed by atoms with Gasteiger partial charge in [0, 0.05) is 28.9 Å². The molecule has 200 valence electrons. The van der Waals surface area contributed by atoms with Gasteiger partial charge in [0.15, 0.2) is 0 Å². The predicted octanol–water partition coefficient (Wildman–Crippen LogP) is 8.21. The minimum atomic E-state index is -0.210. The highest BCUT2D eigenvalue weighted by atomic mass is 79.9. The van der Waals surface area contributed by atoms with Crippen LogP contribution >= 0.6 is 31.9 Å². The second kappa shape index (κ2) is 10.3. The number of hydrogen-bond donors (Lipinski definition) is 0. The molecule has 0 bridgehead atoms. The Morgan fingerprint density at radius 1 is 0.943 bits per heavy atom. The van der Waals surface area contributed by atoms with Crippen molar-refractivity contribution < 1.29 is 14.3 Å². The summed E-state index contributed by atoms with van der Waals surface area (Å²) in [6, 6.07) is 0. The number of ether oxygens (including phenoxy) is 1. The number of ketones is 1. The van der Waals surface area contributed by atoms with Crippen molar-refractivity contribution in [1.82, 2.24) is 0 Å². The Morgan fingerprint density at radius 3 is 2.20 bits per heavy atom. The second-order valence-electron chi connectivity index (χ2n) is 13.7. The lowest BCUT2D eigenvalue weighted by Crippen LogP contribution is -2.57. The molecule has 0 unspecified atom stereocenters. The first kappa shape index (κ1) is 28.1. The SMILES string of the molecule is CC(=O)O[C@H]1CC[C@@]2(C)[C@H](C1)C(=O)C[C@@H]1[C@@H]2CC[C@]2(C)[C@@H]([C@H](C)[C@@H](Br)[C@H](Br)[C@H](C)C(C)C)CC[C@@H]12. The van der Waals surface area contributed by atoms with Crippen LogP contribution in [-0.4, -0.2) is 27.5 Å². The van der Waals surface area contributed by atoms with Crippen LogP contribution < -0.4 is 0 Å². The highest BCUT2D eigenvalue weighted by Gasteiger charge is 2.63. The summed E-state index contributed by atoms with van der Waals surface area (Å²) in [5.74, 6) is 4.75. The van der Waals surface area contributed by atoms with Crippen LogP contribution in [0.1, 0.15) is 99.8 Å². The predicted molar refractivity (Wildman–Crippen MR) is 150 cm³/mol. The Kier molecular flexibility index (Phi) is 8.31. The third-order valence-electron chi connectivity index (χ3n) is 11.8. The Labute approximate surface area is 230 Å². The van der Waals surface area contributed by atoms with Gasteiger partial charge in [-0.3, -0.25) is 9.59 Å². The monoisotopic (exact) mass is 614 g/mol. The molecule has 0 saturated heterocycles. The Balaban J connectivity index is 1.52. The molecule has 4 saturated carbocycles. The van der Waals surface area contributed by atoms with E-state index in [9.17, 15) is 9.59 Å². The van der Waals surface area contributed by atoms with Crippen molar-refractivity contribution in [2.75, 3.05) is 0 Å². The van der Waals surface area contributed by atoms with E-state index in [2.05, 4.69) is 73.4 Å². The maximum absolute atomic E-state index is 13.6. The molecule has 4 rings (SSSR count). The van der Waals surface area contributed by atoms with Crippen LogP contribution in [0.3, 0.4) is 0 Å². The molecule has 0 amide bonds. The minimum absolute atomic E-state index is 0.0703. The van der Waals surface area contributed by atoms with Gasteiger partial charge in [-0.1, -0.05) is 73.4 Å². The average Bonchev–Trinajstić information content (AvgIpc) is 3.15. The quantitative estimate of drug-likeness (QED) is 0.223. The van der Waals surface area contributed by atoms with Crippen LogP contribution in [0.15, 0.2) is 0 Å². The van der Waals surface area contributed by atoms with E-state index < -0.39 is 0 Å². The molecule has 35 heavy (non-hydrogen) atoms. The van der Waals surface area contributed by atoms with Gasteiger partial charge in [0.05, 0.1) is 0 Å². The number of alkyl halides is 2. The van der Waals surface area contributed by atoms with Crippen molar-refractivity contribution >= 4 is 43.6 Å². The first-order valence-corrected chi connectivity index (χ1v) is 16.1. The van der Waals surface area contributed by atoms with E-state index in [1.807, 2.05) is 0 Å². The number of esters is 1. The number of hydrogen-bond acceptors (Lipinski definition) is 3. The van der Waals surface area contributed by atoms with Crippen LogP contribution in [0, 0.1) is 58.2 Å². The molecule has 5 heteroatoms. The van der Waals surface area contributed by atoms with Gasteiger partial charge in [-0.15, -0.1) is 0 Å². The molecular formula is C30H48Br2O3. The van der Waals surface area contributed by atoms with Crippen molar-refractivity contribution in [1.29, 1.82) is 0 Å². The van der Waals surface area contributed by atoms with Gasteiger partial charge in [0.2, 0.25) is 0 Å². The van der Waals surface area contributed by atoms with E-state index in [1.54, 1.807) is 0 Å². The van der Waals surface area contributed by atoms with Crippen LogP contribution in [0.2, 0.25) is 0 Å². The third-order valence-corrected chi connectivity index (χ3v) is 15.3. The van der Waals surface area contributed by atoms with Crippen molar-refractivity contribution in [3.8, 4) is 0 Å². The molecule has 12 atom stereocenters. The van der Waals surface area contributed by atoms with E-state index in [4.69, 9.17) is 4.74 Å². The van der Waals surface area contributed by atoms with Crippen LogP contribution in [0.25, 0.3) is 0 Å². The molecule has 0 heterocycles. The fraction of sp³-hybridized carbons (Fsp3) is 0.933. The minimum Gasteiger partial charge on any atom is -0.463 e. The molecule has 0 aliphatic heterocycles. The van der Waals surface area contributed by atoms with Crippen LogP contribution in [0.5, 0.6) is 0 Å². The zero-order valence-corrected chi connectivity index (χ0v) is 26.2. The van der Waals surface area contributed by atoms with E-state index in [-0.39, 0.29) is 23.4 Å². The molecule has 0 radical (unpaired) electrons. The van der Waals surface area contributed by atoms with Gasteiger partial charge in [-0.25, -0.2) is 0 Å². The number of halogens is 2. The zero-order valence-electron chi connectivity index (χ0n) is 23.0. The Bertz CT molecular complexity index is 813. The largest absolute Gasteiger partial charge is 0.463 e. The number of carbonyl (C=O) groups is 2. The summed E-state index contributed by atoms with van der Waals surface area (Å²) in [6.45, 7) is 16.0. The van der Waals surface area contributed by atoms with Crippen molar-refractivity contribution in [2.45, 2.75) is 116 Å². The summed E-state index contributed by atoms with van der Waals surface area (Å²) in [4.78, 5) is 26.1. The fourth-order valence-corrected chi connectivity index (χ4v) is 11.4. The maximum Gasteiger partial charge on any atom is 0.302 e. The number of fused-ring (bicyclic) bond motifs is 5. The molecule has 4 aliphatic rings. The summed E-state index contributed by atoms with van der Waals surface area (Å²) < 4.78 is 5.57. The molecule has 3 nitrogen and oxygen atoms in total. The average molecular weight is 617 g/mol. The van der Waals surface area contributed by atoms with E-state index in [0.717, 1.165) is 25.7 Å². The van der Waals surface area contributed by atoms with Gasteiger partial charge in [0.1, 0.15) is 11.9 Å². The van der Waals surface area contributed by atoms with Gasteiger partial charge in [0.25, 0.3) is 0 Å². The maximum atomic E-state index is 13.6. The molecule has 0 N–H and O–H groups in total. The van der Waals surface area contributed by atoms with Crippen LogP contribution in [0.4, 0.5) is 0 Å². The van der Waals surface area contributed by atoms with Crippen molar-refractivity contribution in [3.05, 3.63) is 0 Å². The first-order chi connectivity index (χ1) is 16.3. The van der Waals surface area contributed by atoms with E-state index in [1.165, 1.54) is 32.6 Å². The number of Topliss-reactive ketones (excluding diaryl/α,β-unsaturated/α-hetero) is 1. The highest BCUT2D eigenvalue weighted by molar-refractivity contribution is 9.12. The first-order valence-electron chi connectivity index (χ1n) is 14.3. The van der Waals surface area contributed by atoms with Gasteiger partial charge < -0.3 is 4.74 Å². The highest BCUT2D eigenvalue weighted by Crippen LogP contribution is 2.68. The third kappa shape index (κ3) is 4.85. The van der Waals surface area contributed by atoms with Gasteiger partial charge in [-0.2, -0.15) is 0 Å². The standard InChI is InChI=1S/C30H48Br2O3/c1-16(2)17(3)27(31)28(32)18(4)22-8-9-23-21-15-26(34)25-14-20(35-19(5)33)10-12-30(25,7)24(21)11-13-29(22,23)6/h16-18,20-25,27-28H,8-15H2,1-7H3/t17-,18+,20+,21+,22-,23+,24+,25-,27-,28-,29-,30-/m1/s1. The smallest absolute Gasteiger partial charge is 0.302 e. The van der Waals surface area contributed by atoms with Gasteiger partial charge in [-0.05, 0) is 97.2 Å². The van der Waals surface area contributed by atoms with E-state index >= 15 is 0 Å². The van der Waals surface area contributed by atoms with Crippen molar-refractivity contribution in [2.24, 2.45) is 58.2 Å².